The van der Waals surface area contributed by atoms with Gasteiger partial charge in [0.1, 0.15) is 29.0 Å². The van der Waals surface area contributed by atoms with E-state index in [1.54, 1.807) is 18.2 Å². The number of halogens is 3. The number of carbonyl (C=O) groups is 1. The van der Waals surface area contributed by atoms with E-state index in [4.69, 9.17) is 17.3 Å². The molecule has 2 aromatic carbocycles. The van der Waals surface area contributed by atoms with Crippen LogP contribution < -0.4 is 10.6 Å². The highest BCUT2D eigenvalue weighted by molar-refractivity contribution is 6.33. The molecule has 6 nitrogen and oxygen atoms in total. The van der Waals surface area contributed by atoms with Crippen LogP contribution in [0.15, 0.2) is 60.8 Å². The van der Waals surface area contributed by atoms with E-state index in [0.717, 1.165) is 0 Å². The van der Waals surface area contributed by atoms with E-state index in [1.165, 1.54) is 54.5 Å². The molecule has 4 rings (SSSR count). The summed E-state index contributed by atoms with van der Waals surface area (Å²) in [5.74, 6) is -1.07. The van der Waals surface area contributed by atoms with Crippen LogP contribution in [0, 0.1) is 11.6 Å². The van der Waals surface area contributed by atoms with E-state index < -0.39 is 17.5 Å². The van der Waals surface area contributed by atoms with Crippen molar-refractivity contribution in [2.45, 2.75) is 0 Å². The summed E-state index contributed by atoms with van der Waals surface area (Å²) >= 11 is 6.10. The zero-order valence-corrected chi connectivity index (χ0v) is 17.0. The number of pyridine rings is 1. The molecular weight excluding hydrogens is 424 g/mol. The SMILES string of the molecule is CN(C(=O)c1ccc(-c2[nH]c(-c3c(F)cccc3Cl)nc2N)cn1)c1cccc(F)c1. The average molecular weight is 440 g/mol. The van der Waals surface area contributed by atoms with E-state index in [-0.39, 0.29) is 27.9 Å². The number of aromatic amines is 1. The maximum Gasteiger partial charge on any atom is 0.276 e. The Kier molecular flexibility index (Phi) is 5.39. The minimum atomic E-state index is -0.535. The first-order chi connectivity index (χ1) is 14.8. The Balaban J connectivity index is 1.62. The Morgan fingerprint density at radius 2 is 1.90 bits per heavy atom. The molecule has 0 saturated heterocycles. The van der Waals surface area contributed by atoms with Crippen LogP contribution in [-0.2, 0) is 0 Å². The Morgan fingerprint density at radius 1 is 1.13 bits per heavy atom. The van der Waals surface area contributed by atoms with Crippen LogP contribution in [0.5, 0.6) is 0 Å². The number of rotatable bonds is 4. The van der Waals surface area contributed by atoms with Crippen LogP contribution in [0.3, 0.4) is 0 Å². The molecule has 0 spiro atoms. The molecule has 156 valence electrons. The Bertz CT molecular complexity index is 1250. The van der Waals surface area contributed by atoms with Crippen LogP contribution >= 0.6 is 11.6 Å². The van der Waals surface area contributed by atoms with Crippen molar-refractivity contribution in [3.8, 4) is 22.6 Å². The number of anilines is 2. The average Bonchev–Trinajstić information content (AvgIpc) is 3.13. The van der Waals surface area contributed by atoms with Crippen molar-refractivity contribution in [2.24, 2.45) is 0 Å². The van der Waals surface area contributed by atoms with E-state index in [2.05, 4.69) is 15.0 Å². The quantitative estimate of drug-likeness (QED) is 0.472. The van der Waals surface area contributed by atoms with Crippen molar-refractivity contribution < 1.29 is 13.6 Å². The maximum atomic E-state index is 14.2. The number of nitrogen functional groups attached to an aromatic ring is 1. The van der Waals surface area contributed by atoms with E-state index >= 15 is 0 Å². The van der Waals surface area contributed by atoms with Crippen molar-refractivity contribution in [1.82, 2.24) is 15.0 Å². The number of imidazole rings is 1. The van der Waals surface area contributed by atoms with Gasteiger partial charge in [-0.1, -0.05) is 23.7 Å². The van der Waals surface area contributed by atoms with Gasteiger partial charge in [0.25, 0.3) is 5.91 Å². The lowest BCUT2D eigenvalue weighted by molar-refractivity contribution is 0.0988. The minimum absolute atomic E-state index is 0.110. The summed E-state index contributed by atoms with van der Waals surface area (Å²) in [5, 5.41) is 0.194. The molecule has 2 heterocycles. The van der Waals surface area contributed by atoms with Crippen molar-refractivity contribution in [3.63, 3.8) is 0 Å². The highest BCUT2D eigenvalue weighted by atomic mass is 35.5. The molecule has 0 aliphatic heterocycles. The summed E-state index contributed by atoms with van der Waals surface area (Å²) in [4.78, 5) is 25.3. The summed E-state index contributed by atoms with van der Waals surface area (Å²) in [7, 11) is 1.53. The molecule has 3 N–H and O–H groups in total. The van der Waals surface area contributed by atoms with E-state index in [9.17, 15) is 13.6 Å². The second-order valence-electron chi connectivity index (χ2n) is 6.72. The van der Waals surface area contributed by atoms with Gasteiger partial charge >= 0.3 is 0 Å². The second kappa shape index (κ2) is 8.16. The fraction of sp³-hybridized carbons (Fsp3) is 0.0455. The van der Waals surface area contributed by atoms with Crippen LogP contribution in [-0.4, -0.2) is 27.9 Å². The van der Waals surface area contributed by atoms with Crippen molar-refractivity contribution in [3.05, 3.63) is 83.1 Å². The number of amides is 1. The number of nitrogens with two attached hydrogens (primary N) is 1. The van der Waals surface area contributed by atoms with Crippen molar-refractivity contribution in [1.29, 1.82) is 0 Å². The first-order valence-electron chi connectivity index (χ1n) is 9.15. The van der Waals surface area contributed by atoms with Gasteiger partial charge < -0.3 is 15.6 Å². The molecule has 0 radical (unpaired) electrons. The smallest absolute Gasteiger partial charge is 0.276 e. The van der Waals surface area contributed by atoms with Crippen LogP contribution in [0.25, 0.3) is 22.6 Å². The fourth-order valence-corrected chi connectivity index (χ4v) is 3.34. The van der Waals surface area contributed by atoms with Gasteiger partial charge in [-0.15, -0.1) is 0 Å². The van der Waals surface area contributed by atoms with Gasteiger partial charge in [-0.3, -0.25) is 9.78 Å². The predicted molar refractivity (Wildman–Crippen MR) is 116 cm³/mol. The third-order valence-corrected chi connectivity index (χ3v) is 5.02. The number of aromatic nitrogens is 3. The van der Waals surface area contributed by atoms with E-state index in [0.29, 0.717) is 16.9 Å². The topological polar surface area (TPSA) is 87.9 Å². The zero-order chi connectivity index (χ0) is 22.1. The summed E-state index contributed by atoms with van der Waals surface area (Å²) in [6.07, 6.45) is 1.45. The summed E-state index contributed by atoms with van der Waals surface area (Å²) in [5.41, 5.74) is 7.64. The normalized spacial score (nSPS) is 10.8. The van der Waals surface area contributed by atoms with E-state index in [1.807, 2.05) is 0 Å². The largest absolute Gasteiger partial charge is 0.382 e. The minimum Gasteiger partial charge on any atom is -0.382 e. The second-order valence-corrected chi connectivity index (χ2v) is 7.13. The number of H-pyrrole nitrogens is 1. The van der Waals surface area contributed by atoms with Gasteiger partial charge in [0.2, 0.25) is 0 Å². The lowest BCUT2D eigenvalue weighted by Gasteiger charge is -2.17. The molecule has 9 heteroatoms. The maximum absolute atomic E-state index is 14.2. The standard InChI is InChI=1S/C22H16ClF2N5O/c1-30(14-5-2-4-13(24)10-14)22(31)17-9-8-12(11-27-17)19-20(26)29-21(28-19)18-15(23)6-3-7-16(18)25/h2-11H,26H2,1H3,(H,28,29). The molecule has 0 aliphatic rings. The molecular formula is C22H16ClF2N5O. The molecule has 0 atom stereocenters. The van der Waals surface area contributed by atoms with Gasteiger partial charge in [-0.05, 0) is 42.5 Å². The number of nitrogens with zero attached hydrogens (tertiary/aromatic N) is 3. The van der Waals surface area contributed by atoms with Crippen LogP contribution in [0.2, 0.25) is 5.02 Å². The highest BCUT2D eigenvalue weighted by Gasteiger charge is 2.19. The first-order valence-corrected chi connectivity index (χ1v) is 9.53. The first kappa shape index (κ1) is 20.5. The predicted octanol–water partition coefficient (Wildman–Crippen LogP) is 4.93. The van der Waals surface area contributed by atoms with Crippen molar-refractivity contribution in [2.75, 3.05) is 17.7 Å². The third-order valence-electron chi connectivity index (χ3n) is 4.70. The molecule has 0 unspecified atom stereocenters. The number of benzene rings is 2. The Hall–Kier alpha value is -3.78. The number of carbonyl (C=O) groups excluding carboxylic acids is 1. The number of nitrogens with one attached hydrogen (secondary N) is 1. The fourth-order valence-electron chi connectivity index (χ4n) is 3.09. The molecule has 4 aromatic rings. The lowest BCUT2D eigenvalue weighted by atomic mass is 10.2. The molecule has 0 fully saturated rings. The third kappa shape index (κ3) is 3.97. The molecule has 1 amide bonds. The zero-order valence-electron chi connectivity index (χ0n) is 16.2. The lowest BCUT2D eigenvalue weighted by Crippen LogP contribution is -2.27. The van der Waals surface area contributed by atoms with Gasteiger partial charge in [0.15, 0.2) is 0 Å². The van der Waals surface area contributed by atoms with Gasteiger partial charge in [0.05, 0.1) is 16.3 Å². The van der Waals surface area contributed by atoms with Gasteiger partial charge in [-0.25, -0.2) is 13.8 Å². The molecule has 0 saturated carbocycles. The monoisotopic (exact) mass is 439 g/mol. The highest BCUT2D eigenvalue weighted by Crippen LogP contribution is 2.32. The summed E-state index contributed by atoms with van der Waals surface area (Å²) in [6, 6.07) is 13.2. The Labute approximate surface area is 181 Å². The molecule has 0 bridgehead atoms. The summed E-state index contributed by atoms with van der Waals surface area (Å²) in [6.45, 7) is 0. The molecule has 0 aliphatic carbocycles. The van der Waals surface area contributed by atoms with Crippen LogP contribution in [0.4, 0.5) is 20.3 Å². The summed E-state index contributed by atoms with van der Waals surface area (Å²) < 4.78 is 27.6. The van der Waals surface area contributed by atoms with Crippen LogP contribution in [0.1, 0.15) is 10.5 Å². The molecule has 31 heavy (non-hydrogen) atoms. The number of hydrogen-bond donors (Lipinski definition) is 2. The van der Waals surface area contributed by atoms with Crippen molar-refractivity contribution >= 4 is 29.0 Å². The van der Waals surface area contributed by atoms with Gasteiger partial charge in [-0.2, -0.15) is 0 Å². The molecule has 2 aromatic heterocycles. The van der Waals surface area contributed by atoms with Gasteiger partial charge in [0, 0.05) is 24.5 Å². The Morgan fingerprint density at radius 3 is 2.58 bits per heavy atom. The number of hydrogen-bond acceptors (Lipinski definition) is 4.